The van der Waals surface area contributed by atoms with E-state index in [1.165, 1.54) is 35.5 Å². The molecule has 0 saturated heterocycles. The van der Waals surface area contributed by atoms with Gasteiger partial charge in [0, 0.05) is 13.1 Å². The van der Waals surface area contributed by atoms with E-state index in [1.54, 1.807) is 13.8 Å². The number of nitrogens with zero attached hydrogens (tertiary/aromatic N) is 1. The molecule has 1 aromatic rings. The van der Waals surface area contributed by atoms with E-state index >= 15 is 0 Å². The minimum absolute atomic E-state index is 0.0932. The van der Waals surface area contributed by atoms with Crippen LogP contribution in [0.5, 0.6) is 0 Å². The topological polar surface area (TPSA) is 107 Å². The highest BCUT2D eigenvalue weighted by Gasteiger charge is 2.22. The summed E-state index contributed by atoms with van der Waals surface area (Å²) in [4.78, 5) is 22.7. The number of hydrogen-bond acceptors (Lipinski definition) is 5. The Bertz CT molecular complexity index is 636. The Labute approximate surface area is 130 Å². The first kappa shape index (κ1) is 18.1. The molecule has 0 bridgehead atoms. The predicted molar refractivity (Wildman–Crippen MR) is 80.6 cm³/mol. The Morgan fingerprint density at radius 2 is 1.68 bits per heavy atom. The molecule has 8 heteroatoms. The van der Waals surface area contributed by atoms with Crippen LogP contribution in [0.25, 0.3) is 0 Å². The molecule has 0 saturated carbocycles. The molecule has 0 aliphatic carbocycles. The van der Waals surface area contributed by atoms with Crippen LogP contribution < -0.4 is 5.73 Å². The summed E-state index contributed by atoms with van der Waals surface area (Å²) in [6.45, 7) is 5.58. The van der Waals surface area contributed by atoms with E-state index in [-0.39, 0.29) is 10.5 Å². The second-order valence-electron chi connectivity index (χ2n) is 4.56. The number of rotatable bonds is 7. The molecule has 1 aromatic carbocycles. The van der Waals surface area contributed by atoms with Gasteiger partial charge < -0.3 is 10.5 Å². The van der Waals surface area contributed by atoms with Gasteiger partial charge in [0.05, 0.1) is 10.5 Å². The average Bonchev–Trinajstić information content (AvgIpc) is 2.48. The van der Waals surface area contributed by atoms with Crippen LogP contribution in [0.1, 0.15) is 31.1 Å². The quantitative estimate of drug-likeness (QED) is 0.743. The number of hydrogen-bond donors (Lipinski definition) is 1. The summed E-state index contributed by atoms with van der Waals surface area (Å²) in [5, 5.41) is 0. The monoisotopic (exact) mass is 328 g/mol. The van der Waals surface area contributed by atoms with Gasteiger partial charge in [-0.05, 0) is 31.2 Å². The number of esters is 1. The number of sulfonamides is 1. The van der Waals surface area contributed by atoms with Crippen molar-refractivity contribution in [3.05, 3.63) is 29.8 Å². The van der Waals surface area contributed by atoms with E-state index in [2.05, 4.69) is 0 Å². The van der Waals surface area contributed by atoms with E-state index in [0.29, 0.717) is 13.1 Å². The number of nitrogens with two attached hydrogens (primary N) is 1. The Hall–Kier alpha value is -1.93. The molecular weight excluding hydrogens is 308 g/mol. The minimum Gasteiger partial charge on any atom is -0.449 e. The van der Waals surface area contributed by atoms with Crippen LogP contribution in [0.4, 0.5) is 0 Å². The molecule has 1 atom stereocenters. The van der Waals surface area contributed by atoms with Gasteiger partial charge in [-0.15, -0.1) is 0 Å². The minimum atomic E-state index is -3.57. The van der Waals surface area contributed by atoms with Gasteiger partial charge in [-0.25, -0.2) is 13.2 Å². The highest BCUT2D eigenvalue weighted by Crippen LogP contribution is 2.16. The summed E-state index contributed by atoms with van der Waals surface area (Å²) in [6.07, 6.45) is -1.05. The van der Waals surface area contributed by atoms with Crippen LogP contribution in [-0.2, 0) is 19.6 Å². The molecule has 0 aliphatic heterocycles. The maximum Gasteiger partial charge on any atom is 0.338 e. The fourth-order valence-electron chi connectivity index (χ4n) is 1.76. The van der Waals surface area contributed by atoms with Crippen molar-refractivity contribution in [2.45, 2.75) is 31.8 Å². The molecule has 0 fully saturated rings. The van der Waals surface area contributed by atoms with Crippen molar-refractivity contribution >= 4 is 21.9 Å². The van der Waals surface area contributed by atoms with Gasteiger partial charge >= 0.3 is 5.97 Å². The lowest BCUT2D eigenvalue weighted by molar-refractivity contribution is -0.125. The zero-order valence-electron chi connectivity index (χ0n) is 12.8. The molecule has 2 N–H and O–H groups in total. The second kappa shape index (κ2) is 7.37. The van der Waals surface area contributed by atoms with Crippen molar-refractivity contribution in [3.63, 3.8) is 0 Å². The molecule has 122 valence electrons. The summed E-state index contributed by atoms with van der Waals surface area (Å²) in [7, 11) is -3.57. The maximum absolute atomic E-state index is 12.3. The molecule has 0 aliphatic rings. The van der Waals surface area contributed by atoms with Gasteiger partial charge in [0.1, 0.15) is 0 Å². The van der Waals surface area contributed by atoms with Crippen molar-refractivity contribution in [2.24, 2.45) is 5.73 Å². The van der Waals surface area contributed by atoms with Gasteiger partial charge in [-0.2, -0.15) is 4.31 Å². The predicted octanol–water partition coefficient (Wildman–Crippen LogP) is 0.748. The van der Waals surface area contributed by atoms with Gasteiger partial charge in [0.25, 0.3) is 5.91 Å². The summed E-state index contributed by atoms with van der Waals surface area (Å²) < 4.78 is 30.7. The van der Waals surface area contributed by atoms with Crippen LogP contribution in [-0.4, -0.2) is 43.8 Å². The third-order valence-corrected chi connectivity index (χ3v) is 5.18. The smallest absolute Gasteiger partial charge is 0.338 e. The van der Waals surface area contributed by atoms with Gasteiger partial charge in [0.15, 0.2) is 6.10 Å². The summed E-state index contributed by atoms with van der Waals surface area (Å²) >= 11 is 0. The molecule has 0 unspecified atom stereocenters. The molecule has 0 aromatic heterocycles. The van der Waals surface area contributed by atoms with Gasteiger partial charge in [-0.1, -0.05) is 13.8 Å². The van der Waals surface area contributed by atoms with Crippen LogP contribution in [0.15, 0.2) is 29.2 Å². The lowest BCUT2D eigenvalue weighted by Gasteiger charge is -2.18. The van der Waals surface area contributed by atoms with Crippen LogP contribution in [0, 0.1) is 0 Å². The van der Waals surface area contributed by atoms with Crippen molar-refractivity contribution in [1.29, 1.82) is 0 Å². The maximum atomic E-state index is 12.3. The first-order valence-electron chi connectivity index (χ1n) is 6.84. The van der Waals surface area contributed by atoms with Crippen molar-refractivity contribution in [1.82, 2.24) is 4.31 Å². The zero-order valence-corrected chi connectivity index (χ0v) is 13.6. The number of ether oxygens (including phenoxy) is 1. The van der Waals surface area contributed by atoms with E-state index in [9.17, 15) is 18.0 Å². The first-order chi connectivity index (χ1) is 10.2. The van der Waals surface area contributed by atoms with Gasteiger partial charge in [-0.3, -0.25) is 4.79 Å². The molecule has 1 rings (SSSR count). The van der Waals surface area contributed by atoms with E-state index in [1.807, 2.05) is 0 Å². The number of carbonyl (C=O) groups excluding carboxylic acids is 2. The van der Waals surface area contributed by atoms with Crippen molar-refractivity contribution in [3.8, 4) is 0 Å². The van der Waals surface area contributed by atoms with Crippen molar-refractivity contribution < 1.29 is 22.7 Å². The lowest BCUT2D eigenvalue weighted by Crippen LogP contribution is -2.31. The van der Waals surface area contributed by atoms with E-state index in [4.69, 9.17) is 10.5 Å². The van der Waals surface area contributed by atoms with Gasteiger partial charge in [0.2, 0.25) is 10.0 Å². The highest BCUT2D eigenvalue weighted by atomic mass is 32.2. The highest BCUT2D eigenvalue weighted by molar-refractivity contribution is 7.89. The molecule has 0 spiro atoms. The normalized spacial score (nSPS) is 12.9. The van der Waals surface area contributed by atoms with Crippen LogP contribution in [0.3, 0.4) is 0 Å². The SMILES string of the molecule is CCN(CC)S(=O)(=O)c1ccc(C(=O)O[C@@H](C)C(N)=O)cc1. The lowest BCUT2D eigenvalue weighted by atomic mass is 10.2. The molecule has 7 nitrogen and oxygen atoms in total. The fourth-order valence-corrected chi connectivity index (χ4v) is 3.22. The molecule has 0 heterocycles. The Morgan fingerprint density at radius 1 is 1.18 bits per heavy atom. The molecule has 1 amide bonds. The molecule has 0 radical (unpaired) electrons. The Balaban J connectivity index is 2.96. The van der Waals surface area contributed by atoms with E-state index < -0.39 is 28.0 Å². The molecular formula is C14H20N2O5S. The number of benzene rings is 1. The number of primary amides is 1. The number of amides is 1. The second-order valence-corrected chi connectivity index (χ2v) is 6.50. The van der Waals surface area contributed by atoms with Crippen molar-refractivity contribution in [2.75, 3.05) is 13.1 Å². The summed E-state index contributed by atoms with van der Waals surface area (Å²) in [5.74, 6) is -1.49. The zero-order chi connectivity index (χ0) is 16.9. The number of carbonyl (C=O) groups is 2. The third-order valence-electron chi connectivity index (χ3n) is 3.12. The standard InChI is InChI=1S/C14H20N2O5S/c1-4-16(5-2)22(19,20)12-8-6-11(7-9-12)14(18)21-10(3)13(15)17/h6-10H,4-5H2,1-3H3,(H2,15,17)/t10-/m0/s1. The summed E-state index contributed by atoms with van der Waals surface area (Å²) in [5.41, 5.74) is 5.15. The Kier molecular flexibility index (Phi) is 6.07. The first-order valence-corrected chi connectivity index (χ1v) is 8.28. The van der Waals surface area contributed by atoms with Crippen LogP contribution in [0.2, 0.25) is 0 Å². The summed E-state index contributed by atoms with van der Waals surface area (Å²) in [6, 6.07) is 5.34. The largest absolute Gasteiger partial charge is 0.449 e. The third kappa shape index (κ3) is 4.05. The van der Waals surface area contributed by atoms with Crippen LogP contribution >= 0.6 is 0 Å². The Morgan fingerprint density at radius 3 is 2.09 bits per heavy atom. The fraction of sp³-hybridized carbons (Fsp3) is 0.429. The average molecular weight is 328 g/mol. The van der Waals surface area contributed by atoms with E-state index in [0.717, 1.165) is 0 Å². The molecule has 22 heavy (non-hydrogen) atoms.